The van der Waals surface area contributed by atoms with Crippen molar-refractivity contribution < 1.29 is 9.59 Å². The smallest absolute Gasteiger partial charge is 0.314 e. The minimum Gasteiger partial charge on any atom is -0.351 e. The quantitative estimate of drug-likeness (QED) is 0.768. The summed E-state index contributed by atoms with van der Waals surface area (Å²) in [7, 11) is 0. The van der Waals surface area contributed by atoms with Crippen LogP contribution in [0.3, 0.4) is 0 Å². The Morgan fingerprint density at radius 1 is 1.37 bits per heavy atom. The van der Waals surface area contributed by atoms with Crippen molar-refractivity contribution in [3.8, 4) is 0 Å². The second-order valence-electron chi connectivity index (χ2n) is 4.86. The fourth-order valence-electron chi connectivity index (χ4n) is 2.81. The number of hydrogen-bond acceptors (Lipinski definition) is 2. The fourth-order valence-corrected chi connectivity index (χ4v) is 3.14. The number of urea groups is 1. The number of nitrogens with one attached hydrogen (secondary N) is 1. The first-order valence-electron chi connectivity index (χ1n) is 5.79. The van der Waals surface area contributed by atoms with Gasteiger partial charge in [0.25, 0.3) is 0 Å². The maximum Gasteiger partial charge on any atom is 0.314 e. The van der Waals surface area contributed by atoms with Gasteiger partial charge in [-0.2, -0.15) is 0 Å². The van der Waals surface area contributed by atoms with E-state index in [9.17, 15) is 9.59 Å². The maximum atomic E-state index is 12.3. The Bertz CT molecular complexity index is 605. The highest BCUT2D eigenvalue weighted by molar-refractivity contribution is 6.42. The minimum atomic E-state index is -0.751. The van der Waals surface area contributed by atoms with E-state index in [4.69, 9.17) is 28.9 Å². The molecule has 7 heteroatoms. The third-order valence-corrected chi connectivity index (χ3v) is 4.56. The Hall–Kier alpha value is -1.46. The van der Waals surface area contributed by atoms with E-state index in [1.807, 2.05) is 0 Å². The standard InChI is InChI=1S/C12H11Cl2N3O2/c13-7-3-6-9(4-8(7)14)16-10(18)12(6)1-2-17(5-12)11(15)19/h3-4H,1-2,5H2,(H2,15,19)(H,16,18)/t12-/m0/s1. The number of anilines is 1. The van der Waals surface area contributed by atoms with Crippen LogP contribution in [0.4, 0.5) is 10.5 Å². The average molecular weight is 300 g/mol. The summed E-state index contributed by atoms with van der Waals surface area (Å²) >= 11 is 12.0. The summed E-state index contributed by atoms with van der Waals surface area (Å²) < 4.78 is 0. The van der Waals surface area contributed by atoms with Crippen LogP contribution < -0.4 is 11.1 Å². The number of rotatable bonds is 0. The van der Waals surface area contributed by atoms with E-state index in [-0.39, 0.29) is 12.5 Å². The molecule has 0 aromatic heterocycles. The van der Waals surface area contributed by atoms with Crippen LogP contribution in [-0.2, 0) is 10.2 Å². The van der Waals surface area contributed by atoms with Gasteiger partial charge >= 0.3 is 6.03 Å². The summed E-state index contributed by atoms with van der Waals surface area (Å²) in [5.41, 5.74) is 5.97. The highest BCUT2D eigenvalue weighted by atomic mass is 35.5. The lowest BCUT2D eigenvalue weighted by Crippen LogP contribution is -2.41. The van der Waals surface area contributed by atoms with Crippen molar-refractivity contribution in [3.05, 3.63) is 27.7 Å². The predicted octanol–water partition coefficient (Wildman–Crippen LogP) is 1.97. The largest absolute Gasteiger partial charge is 0.351 e. The first-order chi connectivity index (χ1) is 8.94. The number of carbonyl (C=O) groups excluding carboxylic acids is 2. The van der Waals surface area contributed by atoms with E-state index in [1.54, 1.807) is 12.1 Å². The van der Waals surface area contributed by atoms with E-state index in [0.29, 0.717) is 28.7 Å². The molecule has 19 heavy (non-hydrogen) atoms. The van der Waals surface area contributed by atoms with Gasteiger partial charge in [-0.05, 0) is 24.1 Å². The van der Waals surface area contributed by atoms with Gasteiger partial charge in [-0.3, -0.25) is 4.79 Å². The van der Waals surface area contributed by atoms with Gasteiger partial charge in [0.2, 0.25) is 5.91 Å². The average Bonchev–Trinajstić information content (AvgIpc) is 2.88. The van der Waals surface area contributed by atoms with Gasteiger partial charge < -0.3 is 16.0 Å². The molecule has 2 aliphatic heterocycles. The van der Waals surface area contributed by atoms with Crippen LogP contribution in [0.25, 0.3) is 0 Å². The van der Waals surface area contributed by atoms with Crippen LogP contribution in [0.1, 0.15) is 12.0 Å². The number of likely N-dealkylation sites (tertiary alicyclic amines) is 1. The zero-order valence-corrected chi connectivity index (χ0v) is 11.4. The van der Waals surface area contributed by atoms with Crippen LogP contribution in [0.2, 0.25) is 10.0 Å². The zero-order valence-electron chi connectivity index (χ0n) is 9.87. The van der Waals surface area contributed by atoms with Crippen molar-refractivity contribution in [2.75, 3.05) is 18.4 Å². The second kappa shape index (κ2) is 4.02. The van der Waals surface area contributed by atoms with Crippen molar-refractivity contribution in [3.63, 3.8) is 0 Å². The molecule has 100 valence electrons. The monoisotopic (exact) mass is 299 g/mol. The Labute approximate surface area is 119 Å². The van der Waals surface area contributed by atoms with Crippen molar-refractivity contribution >= 4 is 40.8 Å². The molecule has 3 amide bonds. The highest BCUT2D eigenvalue weighted by Gasteiger charge is 2.52. The van der Waals surface area contributed by atoms with Gasteiger partial charge in [0.15, 0.2) is 0 Å². The lowest BCUT2D eigenvalue weighted by Gasteiger charge is -2.21. The summed E-state index contributed by atoms with van der Waals surface area (Å²) in [6.45, 7) is 0.738. The number of primary amides is 1. The molecule has 2 heterocycles. The van der Waals surface area contributed by atoms with E-state index in [0.717, 1.165) is 5.56 Å². The minimum absolute atomic E-state index is 0.135. The molecule has 1 aromatic rings. The Kier molecular flexibility index (Phi) is 2.66. The van der Waals surface area contributed by atoms with Crippen molar-refractivity contribution in [1.29, 1.82) is 0 Å². The number of amides is 3. The van der Waals surface area contributed by atoms with Crippen molar-refractivity contribution in [1.82, 2.24) is 4.90 Å². The number of benzene rings is 1. The molecule has 3 rings (SSSR count). The number of nitrogens with two attached hydrogens (primary N) is 1. The second-order valence-corrected chi connectivity index (χ2v) is 5.67. The highest BCUT2D eigenvalue weighted by Crippen LogP contribution is 2.46. The molecule has 1 atom stereocenters. The Morgan fingerprint density at radius 2 is 2.05 bits per heavy atom. The van der Waals surface area contributed by atoms with Crippen LogP contribution in [0.5, 0.6) is 0 Å². The molecule has 1 spiro atoms. The number of fused-ring (bicyclic) bond motifs is 2. The normalized spacial score (nSPS) is 24.7. The number of halogens is 2. The summed E-state index contributed by atoms with van der Waals surface area (Å²) in [6.07, 6.45) is 0.534. The molecule has 2 aliphatic rings. The van der Waals surface area contributed by atoms with Crippen LogP contribution in [-0.4, -0.2) is 29.9 Å². The summed E-state index contributed by atoms with van der Waals surface area (Å²) in [6, 6.07) is 2.82. The van der Waals surface area contributed by atoms with Gasteiger partial charge in [-0.15, -0.1) is 0 Å². The third kappa shape index (κ3) is 1.69. The topological polar surface area (TPSA) is 75.4 Å². The summed E-state index contributed by atoms with van der Waals surface area (Å²) in [4.78, 5) is 25.0. The zero-order chi connectivity index (χ0) is 13.8. The summed E-state index contributed by atoms with van der Waals surface area (Å²) in [5.74, 6) is -0.135. The molecule has 1 aromatic carbocycles. The fraction of sp³-hybridized carbons (Fsp3) is 0.333. The lowest BCUT2D eigenvalue weighted by atomic mass is 9.81. The van der Waals surface area contributed by atoms with Gasteiger partial charge in [0, 0.05) is 18.8 Å². The van der Waals surface area contributed by atoms with Gasteiger partial charge in [-0.25, -0.2) is 4.79 Å². The number of nitrogens with zero attached hydrogens (tertiary/aromatic N) is 1. The third-order valence-electron chi connectivity index (χ3n) is 3.84. The van der Waals surface area contributed by atoms with E-state index < -0.39 is 11.4 Å². The molecule has 0 radical (unpaired) electrons. The SMILES string of the molecule is NC(=O)N1CC[C@@]2(C1)C(=O)Nc1cc(Cl)c(Cl)cc12. The molecule has 0 aliphatic carbocycles. The molecule has 1 fully saturated rings. The van der Waals surface area contributed by atoms with Gasteiger partial charge in [0.05, 0.1) is 15.5 Å². The van der Waals surface area contributed by atoms with E-state index >= 15 is 0 Å². The molecule has 0 unspecified atom stereocenters. The van der Waals surface area contributed by atoms with Crippen molar-refractivity contribution in [2.24, 2.45) is 5.73 Å². The molecule has 0 bridgehead atoms. The van der Waals surface area contributed by atoms with Crippen LogP contribution in [0, 0.1) is 0 Å². The molecule has 5 nitrogen and oxygen atoms in total. The predicted molar refractivity (Wildman–Crippen MR) is 72.5 cm³/mol. The molecule has 1 saturated heterocycles. The Balaban J connectivity index is 2.08. The first kappa shape index (κ1) is 12.6. The molecular weight excluding hydrogens is 289 g/mol. The van der Waals surface area contributed by atoms with E-state index in [2.05, 4.69) is 5.32 Å². The number of carbonyl (C=O) groups is 2. The van der Waals surface area contributed by atoms with E-state index in [1.165, 1.54) is 4.90 Å². The maximum absolute atomic E-state index is 12.3. The van der Waals surface area contributed by atoms with Crippen LogP contribution >= 0.6 is 23.2 Å². The molecular formula is C12H11Cl2N3O2. The van der Waals surface area contributed by atoms with Crippen molar-refractivity contribution in [2.45, 2.75) is 11.8 Å². The number of hydrogen-bond donors (Lipinski definition) is 2. The van der Waals surface area contributed by atoms with Gasteiger partial charge in [-0.1, -0.05) is 23.2 Å². The molecule has 0 saturated carbocycles. The summed E-state index contributed by atoms with van der Waals surface area (Å²) in [5, 5.41) is 3.59. The molecule has 3 N–H and O–H groups in total. The Morgan fingerprint density at radius 3 is 2.68 bits per heavy atom. The van der Waals surface area contributed by atoms with Crippen LogP contribution in [0.15, 0.2) is 12.1 Å². The van der Waals surface area contributed by atoms with Gasteiger partial charge in [0.1, 0.15) is 0 Å². The lowest BCUT2D eigenvalue weighted by molar-refractivity contribution is -0.120. The first-order valence-corrected chi connectivity index (χ1v) is 6.55.